The zero-order chi connectivity index (χ0) is 21.9. The molecule has 1 saturated heterocycles. The zero-order valence-corrected chi connectivity index (χ0v) is 18.5. The van der Waals surface area contributed by atoms with Crippen molar-refractivity contribution in [3.8, 4) is 0 Å². The highest BCUT2D eigenvalue weighted by Gasteiger charge is 2.75. The van der Waals surface area contributed by atoms with Crippen LogP contribution in [0.5, 0.6) is 0 Å². The molecule has 1 aromatic carbocycles. The first-order valence-electron chi connectivity index (χ1n) is 10.4. The van der Waals surface area contributed by atoms with Crippen molar-refractivity contribution in [3.05, 3.63) is 24.3 Å². The maximum absolute atomic E-state index is 12.4. The molecular weight excluding hydrogens is 405 g/mol. The van der Waals surface area contributed by atoms with Gasteiger partial charge in [-0.3, -0.25) is 4.79 Å². The van der Waals surface area contributed by atoms with Crippen LogP contribution in [-0.4, -0.2) is 38.7 Å². The summed E-state index contributed by atoms with van der Waals surface area (Å²) in [5.74, 6) is -0.102. The zero-order valence-electron chi connectivity index (χ0n) is 17.7. The molecule has 1 aromatic rings. The normalized spacial score (nSPS) is 32.8. The van der Waals surface area contributed by atoms with Crippen LogP contribution in [-0.2, 0) is 24.1 Å². The van der Waals surface area contributed by atoms with Crippen LogP contribution in [0, 0.1) is 11.3 Å². The molecule has 5 rings (SSSR count). The molecule has 1 aliphatic heterocycles. The molecule has 30 heavy (non-hydrogen) atoms. The number of hydrogen-bond donors (Lipinski definition) is 3. The van der Waals surface area contributed by atoms with Gasteiger partial charge in [0.2, 0.25) is 0 Å². The lowest BCUT2D eigenvalue weighted by molar-refractivity contribution is -0.257. The van der Waals surface area contributed by atoms with E-state index in [-0.39, 0.29) is 27.9 Å². The van der Waals surface area contributed by atoms with E-state index < -0.39 is 29.1 Å². The number of carbonyl (C=O) groups is 1. The van der Waals surface area contributed by atoms with Crippen LogP contribution in [0.3, 0.4) is 0 Å². The van der Waals surface area contributed by atoms with Crippen molar-refractivity contribution in [1.82, 2.24) is 4.72 Å². The number of fused-ring (bicyclic) bond motifs is 1. The van der Waals surface area contributed by atoms with Crippen molar-refractivity contribution in [3.63, 3.8) is 0 Å². The van der Waals surface area contributed by atoms with Crippen molar-refractivity contribution >= 4 is 28.7 Å². The first-order valence-corrected chi connectivity index (χ1v) is 11.9. The van der Waals surface area contributed by atoms with Crippen LogP contribution in [0.4, 0.5) is 5.69 Å². The molecule has 164 valence electrons. The number of nitrogens with one attached hydrogen (secondary N) is 1. The largest absolute Gasteiger partial charge is 0.457 e. The van der Waals surface area contributed by atoms with Gasteiger partial charge >= 0.3 is 7.12 Å². The number of hydrogen-bond acceptors (Lipinski definition) is 7. The SMILES string of the molecule is CC1(C)C2CC[C@]3(C)OB(CC[C@H](N)C(=O)NS(=O)(=O)c4ccc(N)cc4)O[C@]13C2. The minimum absolute atomic E-state index is 0.0439. The number of carbonyl (C=O) groups excluding carboxylic acids is 1. The van der Waals surface area contributed by atoms with Crippen molar-refractivity contribution in [1.29, 1.82) is 0 Å². The van der Waals surface area contributed by atoms with Crippen LogP contribution in [0.15, 0.2) is 29.2 Å². The number of anilines is 1. The maximum Gasteiger partial charge on any atom is 0.457 e. The van der Waals surface area contributed by atoms with E-state index in [0.29, 0.717) is 17.9 Å². The summed E-state index contributed by atoms with van der Waals surface area (Å²) in [5.41, 5.74) is 11.4. The van der Waals surface area contributed by atoms with Gasteiger partial charge in [-0.25, -0.2) is 13.1 Å². The fraction of sp³-hybridized carbons (Fsp3) is 0.650. The van der Waals surface area contributed by atoms with E-state index in [1.54, 1.807) is 0 Å². The summed E-state index contributed by atoms with van der Waals surface area (Å²) in [5, 5.41) is 0. The monoisotopic (exact) mass is 435 g/mol. The number of amides is 1. The summed E-state index contributed by atoms with van der Waals surface area (Å²) < 4.78 is 39.5. The lowest BCUT2D eigenvalue weighted by Crippen LogP contribution is -2.73. The topological polar surface area (TPSA) is 134 Å². The van der Waals surface area contributed by atoms with Crippen LogP contribution in [0.25, 0.3) is 0 Å². The summed E-state index contributed by atoms with van der Waals surface area (Å²) in [4.78, 5) is 12.3. The Labute approximate surface area is 178 Å². The van der Waals surface area contributed by atoms with Gasteiger partial charge in [0.05, 0.1) is 22.1 Å². The minimum atomic E-state index is -4.00. The van der Waals surface area contributed by atoms with E-state index in [1.165, 1.54) is 24.3 Å². The summed E-state index contributed by atoms with van der Waals surface area (Å²) >= 11 is 0. The van der Waals surface area contributed by atoms with E-state index in [1.807, 2.05) is 4.72 Å². The Balaban J connectivity index is 1.34. The first-order chi connectivity index (χ1) is 13.9. The number of nitrogens with two attached hydrogens (primary N) is 2. The Kier molecular flexibility index (Phi) is 5.00. The second kappa shape index (κ2) is 6.95. The summed E-state index contributed by atoms with van der Waals surface area (Å²) in [6.07, 6.45) is 3.77. The fourth-order valence-electron chi connectivity index (χ4n) is 5.57. The molecule has 3 saturated carbocycles. The molecule has 8 nitrogen and oxygen atoms in total. The van der Waals surface area contributed by atoms with Crippen molar-refractivity contribution < 1.29 is 22.5 Å². The molecule has 10 heteroatoms. The molecule has 2 bridgehead atoms. The average Bonchev–Trinajstić information content (AvgIpc) is 3.01. The number of sulfonamides is 1. The van der Waals surface area contributed by atoms with E-state index in [0.717, 1.165) is 19.3 Å². The van der Waals surface area contributed by atoms with Gasteiger partial charge in [-0.2, -0.15) is 0 Å². The quantitative estimate of drug-likeness (QED) is 0.457. The molecule has 3 aliphatic carbocycles. The predicted octanol–water partition coefficient (Wildman–Crippen LogP) is 1.66. The van der Waals surface area contributed by atoms with E-state index in [9.17, 15) is 13.2 Å². The highest BCUT2D eigenvalue weighted by atomic mass is 32.2. The molecule has 4 aliphatic rings. The van der Waals surface area contributed by atoms with Gasteiger partial charge in [0.25, 0.3) is 15.9 Å². The number of rotatable bonds is 6. The molecule has 4 fully saturated rings. The lowest BCUT2D eigenvalue weighted by atomic mass is 9.41. The molecule has 1 spiro atoms. The number of nitrogen functional groups attached to an aromatic ring is 1. The molecule has 0 radical (unpaired) electrons. The van der Waals surface area contributed by atoms with Crippen molar-refractivity contribution in [2.45, 2.75) is 74.9 Å². The Morgan fingerprint density at radius 1 is 1.27 bits per heavy atom. The van der Waals surface area contributed by atoms with E-state index in [4.69, 9.17) is 20.8 Å². The third-order valence-corrected chi connectivity index (χ3v) is 8.98. The number of benzene rings is 1. The molecule has 4 atom stereocenters. The van der Waals surface area contributed by atoms with Gasteiger partial charge in [0, 0.05) is 5.69 Å². The van der Waals surface area contributed by atoms with Crippen molar-refractivity contribution in [2.75, 3.05) is 5.73 Å². The molecular formula is C20H30BN3O5S. The molecule has 1 amide bonds. The van der Waals surface area contributed by atoms with Crippen LogP contribution >= 0.6 is 0 Å². The Hall–Kier alpha value is -1.62. The second-order valence-electron chi connectivity index (χ2n) is 9.61. The molecule has 1 heterocycles. The summed E-state index contributed by atoms with van der Waals surface area (Å²) in [6.45, 7) is 6.60. The average molecular weight is 435 g/mol. The highest BCUT2D eigenvalue weighted by Crippen LogP contribution is 2.70. The fourth-order valence-corrected chi connectivity index (χ4v) is 6.60. The Morgan fingerprint density at radius 2 is 1.93 bits per heavy atom. The van der Waals surface area contributed by atoms with Gasteiger partial charge in [-0.1, -0.05) is 13.8 Å². The van der Waals surface area contributed by atoms with Gasteiger partial charge in [0.1, 0.15) is 0 Å². The van der Waals surface area contributed by atoms with Crippen molar-refractivity contribution in [2.24, 2.45) is 17.1 Å². The first kappa shape index (κ1) is 21.6. The predicted molar refractivity (Wildman–Crippen MR) is 114 cm³/mol. The van der Waals surface area contributed by atoms with Gasteiger partial charge in [-0.15, -0.1) is 0 Å². The van der Waals surface area contributed by atoms with Crippen LogP contribution < -0.4 is 16.2 Å². The van der Waals surface area contributed by atoms with Gasteiger partial charge in [0.15, 0.2) is 0 Å². The lowest BCUT2D eigenvalue weighted by Gasteiger charge is -2.69. The van der Waals surface area contributed by atoms with Gasteiger partial charge < -0.3 is 20.8 Å². The Morgan fingerprint density at radius 3 is 2.53 bits per heavy atom. The molecule has 1 unspecified atom stereocenters. The van der Waals surface area contributed by atoms with E-state index >= 15 is 0 Å². The summed E-state index contributed by atoms with van der Waals surface area (Å²) in [6, 6.07) is 4.60. The minimum Gasteiger partial charge on any atom is -0.403 e. The van der Waals surface area contributed by atoms with Crippen LogP contribution in [0.2, 0.25) is 6.32 Å². The Bertz CT molecular complexity index is 954. The maximum atomic E-state index is 12.4. The highest BCUT2D eigenvalue weighted by molar-refractivity contribution is 7.90. The third-order valence-electron chi connectivity index (χ3n) is 7.62. The van der Waals surface area contributed by atoms with Gasteiger partial charge in [-0.05, 0) is 74.5 Å². The third kappa shape index (κ3) is 3.16. The smallest absolute Gasteiger partial charge is 0.403 e. The summed E-state index contributed by atoms with van der Waals surface area (Å²) in [7, 11) is -4.45. The second-order valence-corrected chi connectivity index (χ2v) is 11.3. The molecule has 5 N–H and O–H groups in total. The van der Waals surface area contributed by atoms with Crippen LogP contribution in [0.1, 0.15) is 46.5 Å². The molecule has 0 aromatic heterocycles. The standard InChI is InChI=1S/C20H30BN3O5S/c1-18(2)13-8-10-19(3)20(18,12-13)29-21(28-19)11-9-16(23)17(25)24-30(26,27)15-6-4-14(22)5-7-15/h4-7,13,16H,8-12,22-23H2,1-3H3,(H,24,25)/t13?,16-,19-,20+/m0/s1. The van der Waals surface area contributed by atoms with E-state index in [2.05, 4.69) is 20.8 Å².